The maximum atomic E-state index is 11.1. The number of esters is 1. The Morgan fingerprint density at radius 3 is 2.62 bits per heavy atom. The number of carbonyl (C=O) groups is 1. The standard InChI is InChI=1S/C7H8O4S2/c1-11-6(8)5-3-4-12-7(5)13(2,9)10/h3-4H,1-2H3. The third-order valence-corrected chi connectivity index (χ3v) is 4.17. The molecule has 0 spiro atoms. The average molecular weight is 220 g/mol. The van der Waals surface area contributed by atoms with Crippen molar-refractivity contribution in [2.45, 2.75) is 4.21 Å². The predicted molar refractivity (Wildman–Crippen MR) is 48.8 cm³/mol. The molecule has 0 aliphatic carbocycles. The van der Waals surface area contributed by atoms with Gasteiger partial charge in [-0.3, -0.25) is 0 Å². The van der Waals surface area contributed by atoms with Gasteiger partial charge in [0.1, 0.15) is 4.21 Å². The molecule has 1 heterocycles. The van der Waals surface area contributed by atoms with E-state index in [1.165, 1.54) is 13.2 Å². The molecule has 0 aliphatic heterocycles. The van der Waals surface area contributed by atoms with E-state index in [1.807, 2.05) is 0 Å². The SMILES string of the molecule is COC(=O)c1ccsc1S(C)(=O)=O. The normalized spacial score (nSPS) is 11.2. The number of carbonyl (C=O) groups excluding carboxylic acids is 1. The summed E-state index contributed by atoms with van der Waals surface area (Å²) in [5.74, 6) is -0.623. The Bertz CT molecular complexity index is 415. The first kappa shape index (κ1) is 10.2. The highest BCUT2D eigenvalue weighted by atomic mass is 32.2. The van der Waals surface area contributed by atoms with Gasteiger partial charge in [-0.1, -0.05) is 0 Å². The lowest BCUT2D eigenvalue weighted by atomic mass is 10.3. The number of ether oxygens (including phenoxy) is 1. The molecule has 1 aromatic rings. The predicted octanol–water partition coefficient (Wildman–Crippen LogP) is 0.938. The van der Waals surface area contributed by atoms with Crippen molar-refractivity contribution in [3.63, 3.8) is 0 Å². The minimum absolute atomic E-state index is 0.0550. The van der Waals surface area contributed by atoms with E-state index in [2.05, 4.69) is 4.74 Å². The van der Waals surface area contributed by atoms with Crippen molar-refractivity contribution < 1.29 is 17.9 Å². The summed E-state index contributed by atoms with van der Waals surface area (Å²) in [7, 11) is -2.11. The number of thiophene rings is 1. The van der Waals surface area contributed by atoms with Gasteiger partial charge in [0, 0.05) is 6.26 Å². The number of methoxy groups -OCH3 is 1. The largest absolute Gasteiger partial charge is 0.465 e. The highest BCUT2D eigenvalue weighted by molar-refractivity contribution is 7.92. The summed E-state index contributed by atoms with van der Waals surface area (Å²) in [6.07, 6.45) is 1.06. The van der Waals surface area contributed by atoms with Crippen molar-refractivity contribution in [2.75, 3.05) is 13.4 Å². The van der Waals surface area contributed by atoms with Gasteiger partial charge in [-0.2, -0.15) is 0 Å². The maximum Gasteiger partial charge on any atom is 0.340 e. The van der Waals surface area contributed by atoms with Crippen molar-refractivity contribution in [1.82, 2.24) is 0 Å². The molecule has 0 saturated carbocycles. The molecule has 13 heavy (non-hydrogen) atoms. The van der Waals surface area contributed by atoms with E-state index in [4.69, 9.17) is 0 Å². The molecular weight excluding hydrogens is 212 g/mol. The first-order valence-electron chi connectivity index (χ1n) is 3.32. The first-order chi connectivity index (χ1) is 5.96. The summed E-state index contributed by atoms with van der Waals surface area (Å²) in [6, 6.07) is 1.44. The van der Waals surface area contributed by atoms with Crippen molar-refractivity contribution in [3.05, 3.63) is 17.0 Å². The van der Waals surface area contributed by atoms with Gasteiger partial charge in [0.2, 0.25) is 0 Å². The summed E-state index contributed by atoms with van der Waals surface area (Å²) < 4.78 is 26.8. The summed E-state index contributed by atoms with van der Waals surface area (Å²) in [5, 5.41) is 1.54. The van der Waals surface area contributed by atoms with Crippen LogP contribution in [0.5, 0.6) is 0 Å². The van der Waals surface area contributed by atoms with Gasteiger partial charge >= 0.3 is 5.97 Å². The van der Waals surface area contributed by atoms with Crippen molar-refractivity contribution >= 4 is 27.1 Å². The second-order valence-corrected chi connectivity index (χ2v) is 5.51. The van der Waals surface area contributed by atoms with Crippen LogP contribution in [0.15, 0.2) is 15.7 Å². The summed E-state index contributed by atoms with van der Waals surface area (Å²) in [5.41, 5.74) is 0.106. The van der Waals surface area contributed by atoms with Crippen LogP contribution in [-0.4, -0.2) is 27.8 Å². The number of rotatable bonds is 2. The monoisotopic (exact) mass is 220 g/mol. The van der Waals surface area contributed by atoms with Crippen molar-refractivity contribution in [2.24, 2.45) is 0 Å². The van der Waals surface area contributed by atoms with Crippen LogP contribution in [0.3, 0.4) is 0 Å². The van der Waals surface area contributed by atoms with Gasteiger partial charge in [0.25, 0.3) is 0 Å². The first-order valence-corrected chi connectivity index (χ1v) is 6.10. The lowest BCUT2D eigenvalue weighted by Gasteiger charge is -1.98. The summed E-state index contributed by atoms with van der Waals surface area (Å²) in [4.78, 5) is 11.1. The fourth-order valence-electron chi connectivity index (χ4n) is 0.844. The Morgan fingerprint density at radius 2 is 2.15 bits per heavy atom. The number of hydrogen-bond donors (Lipinski definition) is 0. The van der Waals surface area contributed by atoms with Crippen LogP contribution in [0.2, 0.25) is 0 Å². The molecule has 0 radical (unpaired) electrons. The summed E-state index contributed by atoms with van der Waals surface area (Å²) in [6.45, 7) is 0. The van der Waals surface area contributed by atoms with Crippen LogP contribution in [-0.2, 0) is 14.6 Å². The molecule has 1 rings (SSSR count). The van der Waals surface area contributed by atoms with Gasteiger partial charge in [0.15, 0.2) is 9.84 Å². The van der Waals surface area contributed by atoms with Gasteiger partial charge in [-0.25, -0.2) is 13.2 Å². The Balaban J connectivity index is 3.26. The number of hydrogen-bond acceptors (Lipinski definition) is 5. The lowest BCUT2D eigenvalue weighted by Crippen LogP contribution is -2.05. The average Bonchev–Trinajstić information content (AvgIpc) is 2.49. The van der Waals surface area contributed by atoms with Crippen LogP contribution in [0.4, 0.5) is 0 Å². The topological polar surface area (TPSA) is 60.4 Å². The number of sulfone groups is 1. The minimum atomic E-state index is -3.33. The van der Waals surface area contributed by atoms with Crippen LogP contribution >= 0.6 is 11.3 Å². The highest BCUT2D eigenvalue weighted by Gasteiger charge is 2.20. The Kier molecular flexibility index (Phi) is 2.72. The fourth-order valence-corrected chi connectivity index (χ4v) is 2.87. The Morgan fingerprint density at radius 1 is 1.54 bits per heavy atom. The molecule has 4 nitrogen and oxygen atoms in total. The van der Waals surface area contributed by atoms with Gasteiger partial charge in [-0.05, 0) is 11.4 Å². The molecule has 0 aliphatic rings. The molecule has 0 unspecified atom stereocenters. The molecule has 0 amide bonds. The molecule has 0 atom stereocenters. The molecule has 1 aromatic heterocycles. The van der Waals surface area contributed by atoms with Crippen molar-refractivity contribution in [3.8, 4) is 0 Å². The zero-order valence-corrected chi connectivity index (χ0v) is 8.74. The minimum Gasteiger partial charge on any atom is -0.465 e. The smallest absolute Gasteiger partial charge is 0.340 e. The van der Waals surface area contributed by atoms with Crippen molar-refractivity contribution in [1.29, 1.82) is 0 Å². The maximum absolute atomic E-state index is 11.1. The van der Waals surface area contributed by atoms with Crippen LogP contribution in [0, 0.1) is 0 Å². The van der Waals surface area contributed by atoms with Crippen LogP contribution in [0.25, 0.3) is 0 Å². The van der Waals surface area contributed by atoms with E-state index in [0.29, 0.717) is 0 Å². The van der Waals surface area contributed by atoms with E-state index >= 15 is 0 Å². The lowest BCUT2D eigenvalue weighted by molar-refractivity contribution is 0.0597. The molecule has 72 valence electrons. The molecule has 0 fully saturated rings. The molecule has 0 aromatic carbocycles. The zero-order valence-electron chi connectivity index (χ0n) is 7.10. The Labute approximate surface area is 80.1 Å². The van der Waals surface area contributed by atoms with Gasteiger partial charge < -0.3 is 4.74 Å². The van der Waals surface area contributed by atoms with E-state index < -0.39 is 15.8 Å². The molecule has 6 heteroatoms. The second-order valence-electron chi connectivity index (χ2n) is 2.39. The Hall–Kier alpha value is -0.880. The van der Waals surface area contributed by atoms with Gasteiger partial charge in [-0.15, -0.1) is 11.3 Å². The molecule has 0 N–H and O–H groups in total. The highest BCUT2D eigenvalue weighted by Crippen LogP contribution is 2.22. The van der Waals surface area contributed by atoms with E-state index in [-0.39, 0.29) is 9.77 Å². The second kappa shape index (κ2) is 3.47. The van der Waals surface area contributed by atoms with E-state index in [1.54, 1.807) is 5.38 Å². The molecular formula is C7H8O4S2. The third-order valence-electron chi connectivity index (χ3n) is 1.37. The van der Waals surface area contributed by atoms with Crippen LogP contribution in [0.1, 0.15) is 10.4 Å². The quantitative estimate of drug-likeness (QED) is 0.696. The molecule has 0 bridgehead atoms. The van der Waals surface area contributed by atoms with E-state index in [9.17, 15) is 13.2 Å². The van der Waals surface area contributed by atoms with E-state index in [0.717, 1.165) is 17.6 Å². The third kappa shape index (κ3) is 2.07. The van der Waals surface area contributed by atoms with Crippen LogP contribution < -0.4 is 0 Å². The fraction of sp³-hybridized carbons (Fsp3) is 0.286. The molecule has 0 saturated heterocycles. The summed E-state index contributed by atoms with van der Waals surface area (Å²) >= 11 is 1.01. The van der Waals surface area contributed by atoms with Gasteiger partial charge in [0.05, 0.1) is 12.7 Å². The zero-order chi connectivity index (χ0) is 10.1.